The molecule has 0 heterocycles. The van der Waals surface area contributed by atoms with E-state index in [1.807, 2.05) is 31.2 Å². The second-order valence-electron chi connectivity index (χ2n) is 5.81. The molecule has 1 aliphatic carbocycles. The van der Waals surface area contributed by atoms with Gasteiger partial charge < -0.3 is 4.90 Å². The summed E-state index contributed by atoms with van der Waals surface area (Å²) in [5, 5.41) is 9.58. The lowest BCUT2D eigenvalue weighted by Crippen LogP contribution is -2.41. The molecule has 1 saturated carbocycles. The molecule has 0 aromatic heterocycles. The van der Waals surface area contributed by atoms with Crippen LogP contribution in [0.2, 0.25) is 0 Å². The van der Waals surface area contributed by atoms with Gasteiger partial charge in [-0.05, 0) is 31.9 Å². The zero-order chi connectivity index (χ0) is 14.6. The van der Waals surface area contributed by atoms with Crippen LogP contribution >= 0.6 is 0 Å². The monoisotopic (exact) mass is 270 g/mol. The quantitative estimate of drug-likeness (QED) is 0.767. The Morgan fingerprint density at radius 3 is 2.20 bits per heavy atom. The van der Waals surface area contributed by atoms with Gasteiger partial charge in [0.05, 0.1) is 6.07 Å². The lowest BCUT2D eigenvalue weighted by molar-refractivity contribution is -0.125. The number of rotatable bonds is 2. The van der Waals surface area contributed by atoms with E-state index in [-0.39, 0.29) is 5.91 Å². The van der Waals surface area contributed by atoms with Crippen molar-refractivity contribution in [1.29, 1.82) is 5.26 Å². The molecule has 20 heavy (non-hydrogen) atoms. The van der Waals surface area contributed by atoms with E-state index in [1.165, 1.54) is 5.56 Å². The summed E-state index contributed by atoms with van der Waals surface area (Å²) >= 11 is 0. The summed E-state index contributed by atoms with van der Waals surface area (Å²) in [5.74, 6) is -0.0502. The third kappa shape index (κ3) is 2.85. The first kappa shape index (κ1) is 14.6. The second kappa shape index (κ2) is 6.09. The molecule has 0 bridgehead atoms. The fourth-order valence-corrected chi connectivity index (χ4v) is 2.91. The van der Waals surface area contributed by atoms with E-state index in [2.05, 4.69) is 6.07 Å². The average molecular weight is 270 g/mol. The van der Waals surface area contributed by atoms with Crippen molar-refractivity contribution in [3.63, 3.8) is 0 Å². The minimum atomic E-state index is -0.823. The van der Waals surface area contributed by atoms with Gasteiger partial charge in [-0.15, -0.1) is 0 Å². The van der Waals surface area contributed by atoms with Crippen molar-refractivity contribution in [3.8, 4) is 6.07 Å². The number of carbonyl (C=O) groups is 1. The molecule has 1 amide bonds. The molecule has 0 spiro atoms. The summed E-state index contributed by atoms with van der Waals surface area (Å²) in [7, 11) is 1.77. The predicted octanol–water partition coefficient (Wildman–Crippen LogP) is 3.82. The number of benzene rings is 1. The molecule has 1 aliphatic rings. The van der Waals surface area contributed by atoms with E-state index >= 15 is 0 Å². The maximum atomic E-state index is 12.8. The topological polar surface area (TPSA) is 44.1 Å². The van der Waals surface area contributed by atoms with Gasteiger partial charge in [0.15, 0.2) is 0 Å². The SMILES string of the molecule is Cc1ccc(N(C)C(=O)C2(C#N)CCCCCC2)cc1. The number of hydrogen-bond donors (Lipinski definition) is 0. The molecule has 0 aliphatic heterocycles. The molecule has 0 saturated heterocycles. The number of amides is 1. The third-order valence-electron chi connectivity index (χ3n) is 4.31. The maximum absolute atomic E-state index is 12.8. The average Bonchev–Trinajstić information content (AvgIpc) is 2.73. The van der Waals surface area contributed by atoms with Crippen molar-refractivity contribution in [3.05, 3.63) is 29.8 Å². The van der Waals surface area contributed by atoms with Crippen molar-refractivity contribution >= 4 is 11.6 Å². The smallest absolute Gasteiger partial charge is 0.247 e. The lowest BCUT2D eigenvalue weighted by Gasteiger charge is -2.29. The lowest BCUT2D eigenvalue weighted by atomic mass is 9.80. The minimum absolute atomic E-state index is 0.0502. The summed E-state index contributed by atoms with van der Waals surface area (Å²) in [6.45, 7) is 2.02. The van der Waals surface area contributed by atoms with Crippen LogP contribution in [-0.2, 0) is 4.79 Å². The van der Waals surface area contributed by atoms with E-state index in [0.29, 0.717) is 12.8 Å². The van der Waals surface area contributed by atoms with Crippen molar-refractivity contribution < 1.29 is 4.79 Å². The highest BCUT2D eigenvalue weighted by Crippen LogP contribution is 2.37. The van der Waals surface area contributed by atoms with Gasteiger partial charge in [0.2, 0.25) is 5.91 Å². The molecular weight excluding hydrogens is 248 g/mol. The molecule has 106 valence electrons. The molecule has 1 fully saturated rings. The number of hydrogen-bond acceptors (Lipinski definition) is 2. The highest BCUT2D eigenvalue weighted by molar-refractivity contribution is 5.98. The van der Waals surface area contributed by atoms with E-state index in [0.717, 1.165) is 31.4 Å². The number of nitriles is 1. The predicted molar refractivity (Wildman–Crippen MR) is 80.3 cm³/mol. The van der Waals surface area contributed by atoms with Crippen molar-refractivity contribution in [1.82, 2.24) is 0 Å². The first-order valence-corrected chi connectivity index (χ1v) is 7.35. The molecule has 1 aromatic rings. The van der Waals surface area contributed by atoms with Crippen molar-refractivity contribution in [2.75, 3.05) is 11.9 Å². The Morgan fingerprint density at radius 2 is 1.70 bits per heavy atom. The number of aryl methyl sites for hydroxylation is 1. The van der Waals surface area contributed by atoms with Gasteiger partial charge in [-0.1, -0.05) is 43.4 Å². The van der Waals surface area contributed by atoms with E-state index < -0.39 is 5.41 Å². The van der Waals surface area contributed by atoms with Crippen LogP contribution in [0.15, 0.2) is 24.3 Å². The first-order valence-electron chi connectivity index (χ1n) is 7.35. The molecule has 3 heteroatoms. The molecule has 0 radical (unpaired) electrons. The zero-order valence-electron chi connectivity index (χ0n) is 12.4. The minimum Gasteiger partial charge on any atom is -0.314 e. The van der Waals surface area contributed by atoms with Crippen LogP contribution in [0.4, 0.5) is 5.69 Å². The number of nitrogens with zero attached hydrogens (tertiary/aromatic N) is 2. The Labute approximate surface area is 121 Å². The van der Waals surface area contributed by atoms with Gasteiger partial charge in [-0.3, -0.25) is 4.79 Å². The summed E-state index contributed by atoms with van der Waals surface area (Å²) in [5.41, 5.74) is 1.20. The van der Waals surface area contributed by atoms with Crippen LogP contribution < -0.4 is 4.90 Å². The number of anilines is 1. The fraction of sp³-hybridized carbons (Fsp3) is 0.529. The molecule has 2 rings (SSSR count). The summed E-state index contributed by atoms with van der Waals surface area (Å²) < 4.78 is 0. The van der Waals surface area contributed by atoms with E-state index in [4.69, 9.17) is 0 Å². The molecule has 0 atom stereocenters. The summed E-state index contributed by atoms with van der Waals surface area (Å²) in [6, 6.07) is 10.2. The van der Waals surface area contributed by atoms with Gasteiger partial charge >= 0.3 is 0 Å². The molecule has 1 aromatic carbocycles. The Kier molecular flexibility index (Phi) is 4.44. The molecular formula is C17H22N2O. The van der Waals surface area contributed by atoms with E-state index in [1.54, 1.807) is 11.9 Å². The zero-order valence-corrected chi connectivity index (χ0v) is 12.4. The summed E-state index contributed by atoms with van der Waals surface area (Å²) in [6.07, 6.45) is 5.59. The van der Waals surface area contributed by atoms with Crippen LogP contribution in [0.3, 0.4) is 0 Å². The highest BCUT2D eigenvalue weighted by atomic mass is 16.2. The maximum Gasteiger partial charge on any atom is 0.247 e. The van der Waals surface area contributed by atoms with Crippen LogP contribution in [0, 0.1) is 23.7 Å². The Hall–Kier alpha value is -1.82. The Morgan fingerprint density at radius 1 is 1.15 bits per heavy atom. The first-order chi connectivity index (χ1) is 9.59. The van der Waals surface area contributed by atoms with Gasteiger partial charge in [0.25, 0.3) is 0 Å². The number of carbonyl (C=O) groups excluding carboxylic acids is 1. The normalized spacial score (nSPS) is 17.9. The summed E-state index contributed by atoms with van der Waals surface area (Å²) in [4.78, 5) is 14.4. The Bertz CT molecular complexity index is 505. The molecule has 3 nitrogen and oxygen atoms in total. The fourth-order valence-electron chi connectivity index (χ4n) is 2.91. The van der Waals surface area contributed by atoms with Gasteiger partial charge in [0, 0.05) is 12.7 Å². The Balaban J connectivity index is 2.23. The third-order valence-corrected chi connectivity index (χ3v) is 4.31. The van der Waals surface area contributed by atoms with Gasteiger partial charge in [-0.25, -0.2) is 0 Å². The molecule has 0 N–H and O–H groups in total. The van der Waals surface area contributed by atoms with E-state index in [9.17, 15) is 10.1 Å². The van der Waals surface area contributed by atoms with Crippen molar-refractivity contribution in [2.45, 2.75) is 45.4 Å². The van der Waals surface area contributed by atoms with Crippen molar-refractivity contribution in [2.24, 2.45) is 5.41 Å². The molecule has 0 unspecified atom stereocenters. The highest BCUT2D eigenvalue weighted by Gasteiger charge is 2.41. The van der Waals surface area contributed by atoms with Crippen LogP contribution in [0.25, 0.3) is 0 Å². The van der Waals surface area contributed by atoms with Gasteiger partial charge in [-0.2, -0.15) is 5.26 Å². The van der Waals surface area contributed by atoms with Crippen LogP contribution in [0.5, 0.6) is 0 Å². The standard InChI is InChI=1S/C17H22N2O/c1-14-7-9-15(10-8-14)19(2)16(20)17(13-18)11-5-3-4-6-12-17/h7-10H,3-6,11-12H2,1-2H3. The van der Waals surface area contributed by atoms with Gasteiger partial charge in [0.1, 0.15) is 5.41 Å². The second-order valence-corrected chi connectivity index (χ2v) is 5.81. The van der Waals surface area contributed by atoms with Crippen LogP contribution in [-0.4, -0.2) is 13.0 Å². The van der Waals surface area contributed by atoms with Crippen LogP contribution in [0.1, 0.15) is 44.1 Å². The largest absolute Gasteiger partial charge is 0.314 e.